The minimum atomic E-state index is -4.44. The summed E-state index contributed by atoms with van der Waals surface area (Å²) in [6, 6.07) is 0.915. The molecule has 1 aromatic rings. The smallest absolute Gasteiger partial charge is 0.365 e. The van der Waals surface area contributed by atoms with Crippen LogP contribution in [0.15, 0.2) is 12.3 Å². The maximum Gasteiger partial charge on any atom is 0.406 e. The van der Waals surface area contributed by atoms with E-state index in [0.717, 1.165) is 11.1 Å². The maximum atomic E-state index is 12.3. The van der Waals surface area contributed by atoms with E-state index in [0.29, 0.717) is 5.56 Å². The number of halogens is 3. The molecule has 7 nitrogen and oxygen atoms in total. The summed E-state index contributed by atoms with van der Waals surface area (Å²) >= 11 is 0. The second-order valence-corrected chi connectivity index (χ2v) is 5.05. The maximum absolute atomic E-state index is 12.3. The van der Waals surface area contributed by atoms with E-state index in [9.17, 15) is 28.1 Å². The van der Waals surface area contributed by atoms with Gasteiger partial charge in [0.15, 0.2) is 0 Å². The van der Waals surface area contributed by atoms with E-state index in [1.165, 1.54) is 13.0 Å². The molecule has 0 aliphatic carbocycles. The number of amides is 1. The van der Waals surface area contributed by atoms with E-state index in [4.69, 9.17) is 0 Å². The van der Waals surface area contributed by atoms with Gasteiger partial charge in [0.25, 0.3) is 5.69 Å². The van der Waals surface area contributed by atoms with Crippen molar-refractivity contribution in [1.82, 2.24) is 9.88 Å². The van der Waals surface area contributed by atoms with Crippen molar-refractivity contribution in [3.05, 3.63) is 27.9 Å². The number of nitrogens with zero attached hydrogens (tertiary/aromatic N) is 3. The summed E-state index contributed by atoms with van der Waals surface area (Å²) in [5, 5.41) is 13.5. The molecule has 1 aliphatic rings. The van der Waals surface area contributed by atoms with Crippen LogP contribution in [0.3, 0.4) is 0 Å². The molecular formula is C12H13F3N4O3. The van der Waals surface area contributed by atoms with Gasteiger partial charge < -0.3 is 10.2 Å². The third kappa shape index (κ3) is 3.83. The topological polar surface area (TPSA) is 88.4 Å². The lowest BCUT2D eigenvalue weighted by Gasteiger charge is -2.18. The van der Waals surface area contributed by atoms with E-state index in [1.807, 2.05) is 0 Å². The number of carbonyl (C=O) groups is 1. The summed E-state index contributed by atoms with van der Waals surface area (Å²) < 4.78 is 37.0. The Bertz CT molecular complexity index is 606. The van der Waals surface area contributed by atoms with Crippen LogP contribution in [0.5, 0.6) is 0 Å². The third-order valence-corrected chi connectivity index (χ3v) is 3.22. The lowest BCUT2D eigenvalue weighted by atomic mass is 10.2. The fraction of sp³-hybridized carbons (Fsp3) is 0.500. The summed E-state index contributed by atoms with van der Waals surface area (Å²) in [4.78, 5) is 26.2. The predicted molar refractivity (Wildman–Crippen MR) is 70.3 cm³/mol. The van der Waals surface area contributed by atoms with Gasteiger partial charge in [0.05, 0.1) is 11.0 Å². The van der Waals surface area contributed by atoms with Crippen LogP contribution in [0.4, 0.5) is 24.7 Å². The van der Waals surface area contributed by atoms with Gasteiger partial charge in [0.2, 0.25) is 5.91 Å². The van der Waals surface area contributed by atoms with E-state index in [1.54, 1.807) is 0 Å². The normalized spacial score (nSPS) is 18.6. The minimum Gasteiger partial charge on any atom is -0.365 e. The first kappa shape index (κ1) is 16.0. The molecule has 10 heteroatoms. The molecule has 1 saturated heterocycles. The number of alkyl halides is 3. The summed E-state index contributed by atoms with van der Waals surface area (Å²) in [5.74, 6) is -0.303. The van der Waals surface area contributed by atoms with Crippen LogP contribution in [0.2, 0.25) is 0 Å². The van der Waals surface area contributed by atoms with Gasteiger partial charge in [-0.1, -0.05) is 0 Å². The molecule has 2 rings (SSSR count). The summed E-state index contributed by atoms with van der Waals surface area (Å²) in [5.41, 5.74) is 0.228. The van der Waals surface area contributed by atoms with E-state index < -0.39 is 29.6 Å². The van der Waals surface area contributed by atoms with E-state index in [2.05, 4.69) is 10.3 Å². The highest BCUT2D eigenvalue weighted by molar-refractivity contribution is 5.80. The molecule has 120 valence electrons. The Morgan fingerprint density at radius 1 is 1.55 bits per heavy atom. The zero-order valence-electron chi connectivity index (χ0n) is 11.6. The van der Waals surface area contributed by atoms with Crippen molar-refractivity contribution >= 4 is 17.4 Å². The number of aryl methyl sites for hydroxylation is 1. The third-order valence-electron chi connectivity index (χ3n) is 3.22. The molecule has 1 aromatic heterocycles. The lowest BCUT2D eigenvalue weighted by molar-refractivity contribution is -0.385. The average Bonchev–Trinajstić information content (AvgIpc) is 2.66. The molecule has 1 fully saturated rings. The number of carbonyl (C=O) groups excluding carboxylic acids is 1. The Labute approximate surface area is 123 Å². The molecule has 1 N–H and O–H groups in total. The zero-order chi connectivity index (χ0) is 16.5. The van der Waals surface area contributed by atoms with Crippen molar-refractivity contribution in [2.24, 2.45) is 0 Å². The van der Waals surface area contributed by atoms with Crippen molar-refractivity contribution in [3.63, 3.8) is 0 Å². The van der Waals surface area contributed by atoms with Gasteiger partial charge in [0, 0.05) is 18.5 Å². The van der Waals surface area contributed by atoms with Crippen LogP contribution in [0, 0.1) is 17.0 Å². The molecule has 1 atom stereocenters. The highest BCUT2D eigenvalue weighted by atomic mass is 19.4. The second kappa shape index (κ2) is 5.78. The highest BCUT2D eigenvalue weighted by Gasteiger charge is 2.38. The first-order valence-electron chi connectivity index (χ1n) is 6.38. The van der Waals surface area contributed by atoms with Crippen molar-refractivity contribution in [1.29, 1.82) is 0 Å². The van der Waals surface area contributed by atoms with Gasteiger partial charge >= 0.3 is 6.18 Å². The molecule has 2 heterocycles. The van der Waals surface area contributed by atoms with Gasteiger partial charge in [-0.25, -0.2) is 4.98 Å². The molecule has 1 unspecified atom stereocenters. The fourth-order valence-electron chi connectivity index (χ4n) is 2.27. The lowest BCUT2D eigenvalue weighted by Crippen LogP contribution is -2.36. The van der Waals surface area contributed by atoms with Gasteiger partial charge in [0.1, 0.15) is 18.6 Å². The van der Waals surface area contributed by atoms with Crippen LogP contribution in [-0.2, 0) is 4.79 Å². The van der Waals surface area contributed by atoms with Gasteiger partial charge in [-0.15, -0.1) is 0 Å². The van der Waals surface area contributed by atoms with Crippen LogP contribution in [-0.4, -0.2) is 46.0 Å². The monoisotopic (exact) mass is 318 g/mol. The van der Waals surface area contributed by atoms with Crippen LogP contribution >= 0.6 is 0 Å². The van der Waals surface area contributed by atoms with Crippen LogP contribution < -0.4 is 5.32 Å². The van der Waals surface area contributed by atoms with Crippen molar-refractivity contribution in [2.45, 2.75) is 25.6 Å². The van der Waals surface area contributed by atoms with Gasteiger partial charge in [-0.3, -0.25) is 14.9 Å². The van der Waals surface area contributed by atoms with Crippen molar-refractivity contribution in [3.8, 4) is 0 Å². The number of anilines is 1. The molecule has 22 heavy (non-hydrogen) atoms. The quantitative estimate of drug-likeness (QED) is 0.676. The molecule has 0 saturated carbocycles. The van der Waals surface area contributed by atoms with Gasteiger partial charge in [-0.05, 0) is 13.0 Å². The standard InChI is InChI=1S/C12H13F3N4O3/c1-7-2-10(16-4-9(7)19(21)22)17-8-3-11(20)18(5-8)6-12(13,14)15/h2,4,8H,3,5-6H2,1H3,(H,16,17). The number of aromatic nitrogens is 1. The number of nitro groups is 1. The summed E-state index contributed by atoms with van der Waals surface area (Å²) in [7, 11) is 0. The number of pyridine rings is 1. The first-order chi connectivity index (χ1) is 10.2. The molecule has 1 amide bonds. The Morgan fingerprint density at radius 2 is 2.23 bits per heavy atom. The predicted octanol–water partition coefficient (Wildman–Crippen LogP) is 1.87. The molecule has 1 aliphatic heterocycles. The first-order valence-corrected chi connectivity index (χ1v) is 6.38. The molecule has 0 radical (unpaired) electrons. The highest BCUT2D eigenvalue weighted by Crippen LogP contribution is 2.24. The van der Waals surface area contributed by atoms with Crippen molar-refractivity contribution < 1.29 is 22.9 Å². The molecular weight excluding hydrogens is 305 g/mol. The fourth-order valence-corrected chi connectivity index (χ4v) is 2.27. The number of hydrogen-bond acceptors (Lipinski definition) is 5. The molecule has 0 spiro atoms. The Morgan fingerprint density at radius 3 is 2.77 bits per heavy atom. The minimum absolute atomic E-state index is 0.0756. The van der Waals surface area contributed by atoms with Crippen LogP contribution in [0.1, 0.15) is 12.0 Å². The van der Waals surface area contributed by atoms with Crippen molar-refractivity contribution in [2.75, 3.05) is 18.4 Å². The Hall–Kier alpha value is -2.39. The zero-order valence-corrected chi connectivity index (χ0v) is 11.6. The summed E-state index contributed by atoms with van der Waals surface area (Å²) in [6.45, 7) is 0.160. The Balaban J connectivity index is 2.02. The van der Waals surface area contributed by atoms with Crippen LogP contribution in [0.25, 0.3) is 0 Å². The number of likely N-dealkylation sites (tertiary alicyclic amines) is 1. The number of nitrogens with one attached hydrogen (secondary N) is 1. The number of hydrogen-bond donors (Lipinski definition) is 1. The van der Waals surface area contributed by atoms with E-state index >= 15 is 0 Å². The average molecular weight is 318 g/mol. The largest absolute Gasteiger partial charge is 0.406 e. The Kier molecular flexibility index (Phi) is 4.20. The SMILES string of the molecule is Cc1cc(NC2CC(=O)N(CC(F)(F)F)C2)ncc1[N+](=O)[O-]. The number of rotatable bonds is 4. The summed E-state index contributed by atoms with van der Waals surface area (Å²) in [6.07, 6.45) is -3.44. The van der Waals surface area contributed by atoms with E-state index in [-0.39, 0.29) is 24.5 Å². The molecule has 0 bridgehead atoms. The van der Waals surface area contributed by atoms with Gasteiger partial charge in [-0.2, -0.15) is 13.2 Å². The molecule has 0 aromatic carbocycles. The second-order valence-electron chi connectivity index (χ2n) is 5.05.